The van der Waals surface area contributed by atoms with Gasteiger partial charge in [-0.25, -0.2) is 0 Å². The molecule has 0 radical (unpaired) electrons. The molecule has 1 saturated heterocycles. The first-order chi connectivity index (χ1) is 12.7. The maximum absolute atomic E-state index is 12.5. The van der Waals surface area contributed by atoms with Crippen molar-refractivity contribution in [2.24, 2.45) is 0 Å². The van der Waals surface area contributed by atoms with Crippen LogP contribution in [0.2, 0.25) is 0 Å². The lowest BCUT2D eigenvalue weighted by atomic mass is 9.97. The normalized spacial score (nSPS) is 17.4. The number of carbonyl (C=O) groups is 1. The van der Waals surface area contributed by atoms with E-state index in [2.05, 4.69) is 40.3 Å². The molecule has 3 rings (SSSR count). The molecule has 5 heteroatoms. The number of benzene rings is 1. The van der Waals surface area contributed by atoms with Gasteiger partial charge >= 0.3 is 0 Å². The maximum atomic E-state index is 12.5. The summed E-state index contributed by atoms with van der Waals surface area (Å²) < 4.78 is 5.47. The number of morpholine rings is 1. The number of amides is 1. The number of pyridine rings is 1. The minimum atomic E-state index is 0.0866. The summed E-state index contributed by atoms with van der Waals surface area (Å²) >= 11 is 0. The molecule has 0 spiro atoms. The minimum Gasteiger partial charge on any atom is -0.379 e. The topological polar surface area (TPSA) is 54.5 Å². The van der Waals surface area contributed by atoms with Crippen molar-refractivity contribution in [3.63, 3.8) is 0 Å². The van der Waals surface area contributed by atoms with Gasteiger partial charge in [0, 0.05) is 38.4 Å². The van der Waals surface area contributed by atoms with Crippen LogP contribution >= 0.6 is 0 Å². The number of hydrogen-bond acceptors (Lipinski definition) is 4. The third-order valence-electron chi connectivity index (χ3n) is 4.91. The van der Waals surface area contributed by atoms with Crippen molar-refractivity contribution >= 4 is 5.91 Å². The van der Waals surface area contributed by atoms with Gasteiger partial charge < -0.3 is 10.1 Å². The van der Waals surface area contributed by atoms with Crippen LogP contribution in [0, 0.1) is 0 Å². The van der Waals surface area contributed by atoms with E-state index in [4.69, 9.17) is 4.74 Å². The van der Waals surface area contributed by atoms with Crippen LogP contribution in [0.5, 0.6) is 0 Å². The van der Waals surface area contributed by atoms with Crippen molar-refractivity contribution < 1.29 is 9.53 Å². The zero-order chi connectivity index (χ0) is 18.2. The Labute approximate surface area is 155 Å². The van der Waals surface area contributed by atoms with Gasteiger partial charge in [0.2, 0.25) is 5.91 Å². The molecule has 1 fully saturated rings. The van der Waals surface area contributed by atoms with Crippen molar-refractivity contribution in [3.8, 4) is 0 Å². The number of rotatable bonds is 7. The molecular formula is C21H27N3O2. The number of carbonyl (C=O) groups excluding carboxylic acids is 1. The molecule has 0 saturated carbocycles. The maximum Gasteiger partial charge on any atom is 0.220 e. The second-order valence-corrected chi connectivity index (χ2v) is 6.77. The van der Waals surface area contributed by atoms with E-state index < -0.39 is 0 Å². The van der Waals surface area contributed by atoms with Crippen LogP contribution in [0.15, 0.2) is 54.9 Å². The molecular weight excluding hydrogens is 326 g/mol. The number of aromatic nitrogens is 1. The van der Waals surface area contributed by atoms with Crippen LogP contribution in [-0.4, -0.2) is 48.6 Å². The van der Waals surface area contributed by atoms with Crippen LogP contribution < -0.4 is 5.32 Å². The first-order valence-corrected chi connectivity index (χ1v) is 9.27. The largest absolute Gasteiger partial charge is 0.379 e. The van der Waals surface area contributed by atoms with Crippen molar-refractivity contribution in [1.82, 2.24) is 15.2 Å². The average Bonchev–Trinajstić information content (AvgIpc) is 2.70. The molecule has 1 aliphatic rings. The highest BCUT2D eigenvalue weighted by Crippen LogP contribution is 2.21. The van der Waals surface area contributed by atoms with E-state index in [1.54, 1.807) is 6.20 Å². The number of nitrogens with one attached hydrogen (secondary N) is 1. The average molecular weight is 353 g/mol. The van der Waals surface area contributed by atoms with Gasteiger partial charge in [-0.3, -0.25) is 14.7 Å². The van der Waals surface area contributed by atoms with Gasteiger partial charge in [0.1, 0.15) is 0 Å². The molecule has 5 nitrogen and oxygen atoms in total. The van der Waals surface area contributed by atoms with Gasteiger partial charge in [0.05, 0.1) is 19.3 Å². The fourth-order valence-corrected chi connectivity index (χ4v) is 3.38. The van der Waals surface area contributed by atoms with E-state index in [1.165, 1.54) is 5.56 Å². The van der Waals surface area contributed by atoms with Gasteiger partial charge in [0.25, 0.3) is 0 Å². The van der Waals surface area contributed by atoms with Crippen LogP contribution in [0.25, 0.3) is 0 Å². The molecule has 2 atom stereocenters. The predicted octanol–water partition coefficient (Wildman–Crippen LogP) is 2.76. The van der Waals surface area contributed by atoms with Crippen LogP contribution in [0.4, 0.5) is 0 Å². The minimum absolute atomic E-state index is 0.0866. The quantitative estimate of drug-likeness (QED) is 0.832. The monoisotopic (exact) mass is 353 g/mol. The highest BCUT2D eigenvalue weighted by atomic mass is 16.5. The summed E-state index contributed by atoms with van der Waals surface area (Å²) in [5.41, 5.74) is 2.32. The molecule has 1 aromatic heterocycles. The van der Waals surface area contributed by atoms with E-state index >= 15 is 0 Å². The zero-order valence-electron chi connectivity index (χ0n) is 15.3. The summed E-state index contributed by atoms with van der Waals surface area (Å²) in [7, 11) is 0. The summed E-state index contributed by atoms with van der Waals surface area (Å²) in [5.74, 6) is 0.292. The molecule has 1 aliphatic heterocycles. The Hall–Kier alpha value is -2.24. The lowest BCUT2D eigenvalue weighted by molar-refractivity contribution is -0.121. The number of ether oxygens (including phenoxy) is 1. The fraction of sp³-hybridized carbons (Fsp3) is 0.429. The van der Waals surface area contributed by atoms with Gasteiger partial charge in [-0.2, -0.15) is 0 Å². The molecule has 2 unspecified atom stereocenters. The molecule has 1 amide bonds. The zero-order valence-corrected chi connectivity index (χ0v) is 15.3. The lowest BCUT2D eigenvalue weighted by Crippen LogP contribution is -2.44. The van der Waals surface area contributed by atoms with E-state index in [0.717, 1.165) is 31.9 Å². The molecule has 26 heavy (non-hydrogen) atoms. The number of hydrogen-bond donors (Lipinski definition) is 1. The van der Waals surface area contributed by atoms with E-state index in [1.807, 2.05) is 30.5 Å². The Balaban J connectivity index is 1.59. The van der Waals surface area contributed by atoms with Crippen molar-refractivity contribution in [1.29, 1.82) is 0 Å². The highest BCUT2D eigenvalue weighted by molar-refractivity contribution is 5.76. The Kier molecular flexibility index (Phi) is 6.75. The first-order valence-electron chi connectivity index (χ1n) is 9.27. The third-order valence-corrected chi connectivity index (χ3v) is 4.91. The Morgan fingerprint density at radius 1 is 1.15 bits per heavy atom. The van der Waals surface area contributed by atoms with Crippen LogP contribution in [0.3, 0.4) is 0 Å². The second kappa shape index (κ2) is 9.46. The summed E-state index contributed by atoms with van der Waals surface area (Å²) in [4.78, 5) is 19.1. The standard InChI is InChI=1S/C21H27N3O2/c1-17(18-6-3-2-4-7-18)14-21(25)23-16-20(19-8-5-9-22-15-19)24-10-12-26-13-11-24/h2-9,15,17,20H,10-14,16H2,1H3,(H,23,25). The first kappa shape index (κ1) is 18.5. The van der Waals surface area contributed by atoms with Gasteiger partial charge in [-0.05, 0) is 23.1 Å². The molecule has 0 bridgehead atoms. The van der Waals surface area contributed by atoms with Crippen molar-refractivity contribution in [2.45, 2.75) is 25.3 Å². The van der Waals surface area contributed by atoms with Crippen LogP contribution in [-0.2, 0) is 9.53 Å². The highest BCUT2D eigenvalue weighted by Gasteiger charge is 2.23. The Bertz CT molecular complexity index is 672. The number of nitrogens with zero attached hydrogens (tertiary/aromatic N) is 2. The SMILES string of the molecule is CC(CC(=O)NCC(c1cccnc1)N1CCOCC1)c1ccccc1. The summed E-state index contributed by atoms with van der Waals surface area (Å²) in [6.45, 7) is 5.89. The van der Waals surface area contributed by atoms with Gasteiger partial charge in [-0.15, -0.1) is 0 Å². The molecule has 2 aromatic rings. The molecule has 2 heterocycles. The fourth-order valence-electron chi connectivity index (χ4n) is 3.38. The van der Waals surface area contributed by atoms with Crippen molar-refractivity contribution in [3.05, 3.63) is 66.0 Å². The third kappa shape index (κ3) is 5.13. The van der Waals surface area contributed by atoms with E-state index in [-0.39, 0.29) is 17.9 Å². The van der Waals surface area contributed by atoms with Gasteiger partial charge in [-0.1, -0.05) is 43.3 Å². The molecule has 1 aromatic carbocycles. The van der Waals surface area contributed by atoms with E-state index in [0.29, 0.717) is 13.0 Å². The lowest BCUT2D eigenvalue weighted by Gasteiger charge is -2.34. The van der Waals surface area contributed by atoms with Crippen molar-refractivity contribution in [2.75, 3.05) is 32.8 Å². The summed E-state index contributed by atoms with van der Waals surface area (Å²) in [6.07, 6.45) is 4.16. The molecule has 0 aliphatic carbocycles. The van der Waals surface area contributed by atoms with Gasteiger partial charge in [0.15, 0.2) is 0 Å². The Morgan fingerprint density at radius 2 is 1.88 bits per heavy atom. The smallest absolute Gasteiger partial charge is 0.220 e. The molecule has 138 valence electrons. The summed E-state index contributed by atoms with van der Waals surface area (Å²) in [6, 6.07) is 14.3. The second-order valence-electron chi connectivity index (χ2n) is 6.77. The Morgan fingerprint density at radius 3 is 2.58 bits per heavy atom. The molecule has 1 N–H and O–H groups in total. The summed E-state index contributed by atoms with van der Waals surface area (Å²) in [5, 5.41) is 3.13. The van der Waals surface area contributed by atoms with E-state index in [9.17, 15) is 4.79 Å². The van der Waals surface area contributed by atoms with Crippen LogP contribution in [0.1, 0.15) is 36.4 Å². The predicted molar refractivity (Wildman–Crippen MR) is 102 cm³/mol.